The summed E-state index contributed by atoms with van der Waals surface area (Å²) < 4.78 is 84.8. The van der Waals surface area contributed by atoms with E-state index in [1.807, 2.05) is 0 Å². The molecule has 1 aromatic carbocycles. The molecule has 4 aromatic rings. The summed E-state index contributed by atoms with van der Waals surface area (Å²) in [5, 5.41) is 20.6. The molecule has 1 amide bonds. The van der Waals surface area contributed by atoms with Gasteiger partial charge in [-0.2, -0.15) is 17.9 Å². The van der Waals surface area contributed by atoms with Crippen LogP contribution < -0.4 is 21.5 Å². The van der Waals surface area contributed by atoms with Gasteiger partial charge in [0.1, 0.15) is 6.54 Å². The van der Waals surface area contributed by atoms with Crippen molar-refractivity contribution in [3.05, 3.63) is 69.8 Å². The second kappa shape index (κ2) is 12.5. The van der Waals surface area contributed by atoms with Crippen LogP contribution in [0.2, 0.25) is 5.02 Å². The zero-order valence-corrected chi connectivity index (χ0v) is 24.0. The number of aliphatic hydroxyl groups is 1. The fourth-order valence-electron chi connectivity index (χ4n) is 3.78. The third-order valence-electron chi connectivity index (χ3n) is 5.79. The molecule has 242 valence electrons. The van der Waals surface area contributed by atoms with E-state index in [9.17, 15) is 41.0 Å². The van der Waals surface area contributed by atoms with Gasteiger partial charge in [-0.05, 0) is 50.2 Å². The highest BCUT2D eigenvalue weighted by atomic mass is 35.5. The van der Waals surface area contributed by atoms with Crippen LogP contribution in [0.1, 0.15) is 30.3 Å². The lowest BCUT2D eigenvalue weighted by Crippen LogP contribution is -2.45. The molecule has 0 aliphatic carbocycles. The number of halogens is 7. The number of nitrogens with one attached hydrogen (secondary N) is 1. The quantitative estimate of drug-likeness (QED) is 0.216. The number of hydrogen-bond donors (Lipinski definition) is 3. The summed E-state index contributed by atoms with van der Waals surface area (Å²) >= 11 is 5.90. The second-order valence-corrected chi connectivity index (χ2v) is 10.7. The Balaban J connectivity index is 1.81. The fourth-order valence-corrected chi connectivity index (χ4v) is 3.91. The first-order valence-corrected chi connectivity index (χ1v) is 13.1. The molecule has 0 aliphatic heterocycles. The average molecular weight is 664 g/mol. The van der Waals surface area contributed by atoms with Crippen LogP contribution >= 0.6 is 11.6 Å². The third-order valence-corrected chi connectivity index (χ3v) is 6.04. The van der Waals surface area contributed by atoms with E-state index in [-0.39, 0.29) is 28.8 Å². The van der Waals surface area contributed by atoms with Crippen LogP contribution in [0.5, 0.6) is 5.75 Å². The number of nitrogens with two attached hydrogens (primary N) is 1. The number of carbonyl (C=O) groups excluding carboxylic acids is 1. The van der Waals surface area contributed by atoms with Gasteiger partial charge in [-0.15, -0.1) is 23.4 Å². The molecular formula is C25H24ClF6N9O4. The van der Waals surface area contributed by atoms with Gasteiger partial charge in [0.2, 0.25) is 5.82 Å². The number of hydrogen-bond acceptors (Lipinski definition) is 9. The first-order chi connectivity index (χ1) is 20.8. The molecule has 3 aromatic heterocycles. The molecule has 13 nitrogen and oxygen atoms in total. The SMILES string of the molecule is CC(C)(N)CNC(=O)c1nc(Cn2nc(-c3ccc(Cl)cc3)n(C[C@H](O)C(F)(F)F)c2=O)nn1-c1ncccc1OC(F)(F)F. The van der Waals surface area contributed by atoms with Gasteiger partial charge in [-0.1, -0.05) is 11.6 Å². The molecule has 0 unspecified atom stereocenters. The van der Waals surface area contributed by atoms with Gasteiger partial charge < -0.3 is 20.9 Å². The van der Waals surface area contributed by atoms with Gasteiger partial charge in [-0.25, -0.2) is 19.4 Å². The van der Waals surface area contributed by atoms with Crippen LogP contribution in [-0.4, -0.2) is 75.8 Å². The van der Waals surface area contributed by atoms with Crippen LogP contribution in [0.15, 0.2) is 47.4 Å². The van der Waals surface area contributed by atoms with Crippen molar-refractivity contribution in [3.8, 4) is 23.0 Å². The minimum Gasteiger partial charge on any atom is -0.402 e. The standard InChI is InChI=1S/C25H24ClF6N9O4/c1-23(2,33)12-35-21(43)20-36-17(37-41(20)19-15(4-3-9-34-19)45-25(30,31)32)11-40-22(44)39(10-16(42)24(27,28)29)18(38-40)13-5-7-14(26)8-6-13/h3-9,16,42H,10-12,33H2,1-2H3,(H,35,43)/t16-/m0/s1. The summed E-state index contributed by atoms with van der Waals surface area (Å²) in [7, 11) is 0. The van der Waals surface area contributed by atoms with Gasteiger partial charge in [0.05, 0.1) is 6.54 Å². The third kappa shape index (κ3) is 8.37. The maximum absolute atomic E-state index is 13.3. The molecule has 20 heteroatoms. The minimum atomic E-state index is -5.15. The summed E-state index contributed by atoms with van der Waals surface area (Å²) in [6.07, 6.45) is -12.1. The number of amides is 1. The zero-order chi connectivity index (χ0) is 33.3. The number of carbonyl (C=O) groups is 1. The Morgan fingerprint density at radius 1 is 1.11 bits per heavy atom. The van der Waals surface area contributed by atoms with E-state index >= 15 is 0 Å². The number of ether oxygens (including phenoxy) is 1. The Hall–Kier alpha value is -4.49. The van der Waals surface area contributed by atoms with Crippen molar-refractivity contribution in [2.45, 2.75) is 51.1 Å². The van der Waals surface area contributed by atoms with E-state index in [4.69, 9.17) is 17.3 Å². The van der Waals surface area contributed by atoms with Crippen molar-refractivity contribution in [2.75, 3.05) is 6.54 Å². The highest BCUT2D eigenvalue weighted by Gasteiger charge is 2.39. The lowest BCUT2D eigenvalue weighted by atomic mass is 10.1. The van der Waals surface area contributed by atoms with E-state index in [1.54, 1.807) is 13.8 Å². The van der Waals surface area contributed by atoms with Crippen molar-refractivity contribution < 1.29 is 41.0 Å². The normalized spacial score (nSPS) is 13.1. The number of nitrogens with zero attached hydrogens (tertiary/aromatic N) is 7. The lowest BCUT2D eigenvalue weighted by molar-refractivity contribution is -0.274. The van der Waals surface area contributed by atoms with E-state index in [2.05, 4.69) is 30.2 Å². The second-order valence-electron chi connectivity index (χ2n) is 10.2. The number of rotatable bonds is 10. The molecule has 0 saturated heterocycles. The van der Waals surface area contributed by atoms with Gasteiger partial charge in [0, 0.05) is 28.9 Å². The predicted octanol–water partition coefficient (Wildman–Crippen LogP) is 2.68. The maximum Gasteiger partial charge on any atom is 0.573 e. The largest absolute Gasteiger partial charge is 0.573 e. The summed E-state index contributed by atoms with van der Waals surface area (Å²) in [6.45, 7) is 1.18. The van der Waals surface area contributed by atoms with E-state index in [0.717, 1.165) is 18.3 Å². The van der Waals surface area contributed by atoms with Gasteiger partial charge in [0.25, 0.3) is 5.91 Å². The zero-order valence-electron chi connectivity index (χ0n) is 23.3. The van der Waals surface area contributed by atoms with Gasteiger partial charge >= 0.3 is 18.2 Å². The Kier molecular flexibility index (Phi) is 9.27. The van der Waals surface area contributed by atoms with Crippen LogP contribution in [0.25, 0.3) is 17.2 Å². The minimum absolute atomic E-state index is 0.0992. The van der Waals surface area contributed by atoms with Crippen LogP contribution in [0.3, 0.4) is 0 Å². The van der Waals surface area contributed by atoms with Crippen molar-refractivity contribution in [2.24, 2.45) is 5.73 Å². The highest BCUT2D eigenvalue weighted by molar-refractivity contribution is 6.30. The molecule has 0 fully saturated rings. The molecule has 4 rings (SSSR count). The smallest absolute Gasteiger partial charge is 0.402 e. The highest BCUT2D eigenvalue weighted by Crippen LogP contribution is 2.28. The Morgan fingerprint density at radius 3 is 2.38 bits per heavy atom. The van der Waals surface area contributed by atoms with E-state index < -0.39 is 66.3 Å². The van der Waals surface area contributed by atoms with Crippen LogP contribution in [0, 0.1) is 0 Å². The van der Waals surface area contributed by atoms with Gasteiger partial charge in [-0.3, -0.25) is 9.36 Å². The molecule has 0 spiro atoms. The predicted molar refractivity (Wildman–Crippen MR) is 145 cm³/mol. The molecule has 1 atom stereocenters. The molecule has 0 aliphatic rings. The van der Waals surface area contributed by atoms with Crippen LogP contribution in [0.4, 0.5) is 26.3 Å². The van der Waals surface area contributed by atoms with Crippen molar-refractivity contribution in [1.29, 1.82) is 0 Å². The molecule has 45 heavy (non-hydrogen) atoms. The summed E-state index contributed by atoms with van der Waals surface area (Å²) in [5.41, 5.74) is 4.03. The summed E-state index contributed by atoms with van der Waals surface area (Å²) in [4.78, 5) is 34.2. The molecular weight excluding hydrogens is 640 g/mol. The fraction of sp³-hybridized carbons (Fsp3) is 0.360. The number of aliphatic hydroxyl groups excluding tert-OH is 1. The summed E-state index contributed by atoms with van der Waals surface area (Å²) in [6, 6.07) is 7.60. The van der Waals surface area contributed by atoms with E-state index in [0.29, 0.717) is 13.9 Å². The monoisotopic (exact) mass is 663 g/mol. The number of aromatic nitrogens is 7. The van der Waals surface area contributed by atoms with E-state index in [1.165, 1.54) is 24.3 Å². The lowest BCUT2D eigenvalue weighted by Gasteiger charge is -2.18. The average Bonchev–Trinajstić information content (AvgIpc) is 3.48. The Bertz CT molecular complexity index is 1730. The first-order valence-electron chi connectivity index (χ1n) is 12.7. The molecule has 0 bridgehead atoms. The van der Waals surface area contributed by atoms with Crippen molar-refractivity contribution in [1.82, 2.24) is 39.4 Å². The Morgan fingerprint density at radius 2 is 1.78 bits per heavy atom. The van der Waals surface area contributed by atoms with Crippen molar-refractivity contribution >= 4 is 17.5 Å². The molecule has 4 N–H and O–H groups in total. The number of benzene rings is 1. The summed E-state index contributed by atoms with van der Waals surface area (Å²) in [5.74, 6) is -3.63. The number of alkyl halides is 6. The van der Waals surface area contributed by atoms with Crippen molar-refractivity contribution in [3.63, 3.8) is 0 Å². The number of pyridine rings is 1. The van der Waals surface area contributed by atoms with Crippen LogP contribution in [-0.2, 0) is 13.1 Å². The molecule has 0 radical (unpaired) electrons. The van der Waals surface area contributed by atoms with Gasteiger partial charge in [0.15, 0.2) is 29.3 Å². The molecule has 3 heterocycles. The maximum atomic E-state index is 13.3. The first kappa shape index (κ1) is 33.4. The molecule has 0 saturated carbocycles. The Labute approximate surface area is 254 Å². The topological polar surface area (TPSA) is 168 Å².